The van der Waals surface area contributed by atoms with Gasteiger partial charge in [0.15, 0.2) is 0 Å². The summed E-state index contributed by atoms with van der Waals surface area (Å²) < 4.78 is 16.8. The van der Waals surface area contributed by atoms with Crippen molar-refractivity contribution in [3.63, 3.8) is 0 Å². The first-order valence-electron chi connectivity index (χ1n) is 11.4. The van der Waals surface area contributed by atoms with Crippen LogP contribution in [0.3, 0.4) is 0 Å². The first-order chi connectivity index (χ1) is 16.7. The predicted octanol–water partition coefficient (Wildman–Crippen LogP) is 5.02. The van der Waals surface area contributed by atoms with E-state index >= 15 is 0 Å². The van der Waals surface area contributed by atoms with Crippen LogP contribution in [0.2, 0.25) is 0 Å². The molecule has 3 aromatic carbocycles. The van der Waals surface area contributed by atoms with Gasteiger partial charge in [-0.1, -0.05) is 78.7 Å². The SMILES string of the molecule is CCOC(=O)C#CCN(C)C(COCc1ccccc1)c1ccc(OCc2ccccc2)cc1. The minimum absolute atomic E-state index is 0.0385. The van der Waals surface area contributed by atoms with E-state index in [4.69, 9.17) is 14.2 Å². The third-order valence-corrected chi connectivity index (χ3v) is 5.23. The van der Waals surface area contributed by atoms with Gasteiger partial charge in [0.05, 0.1) is 32.4 Å². The fourth-order valence-electron chi connectivity index (χ4n) is 3.38. The number of carbonyl (C=O) groups is 1. The van der Waals surface area contributed by atoms with Gasteiger partial charge in [-0.2, -0.15) is 0 Å². The lowest BCUT2D eigenvalue weighted by atomic mass is 10.1. The second-order valence-corrected chi connectivity index (χ2v) is 7.80. The molecule has 0 aliphatic carbocycles. The van der Waals surface area contributed by atoms with Gasteiger partial charge in [-0.05, 0) is 42.8 Å². The van der Waals surface area contributed by atoms with E-state index in [1.165, 1.54) is 0 Å². The Balaban J connectivity index is 1.65. The van der Waals surface area contributed by atoms with E-state index in [0.29, 0.717) is 33.0 Å². The number of esters is 1. The van der Waals surface area contributed by atoms with Gasteiger partial charge >= 0.3 is 5.97 Å². The number of carbonyl (C=O) groups excluding carboxylic acids is 1. The lowest BCUT2D eigenvalue weighted by Gasteiger charge is -2.27. The summed E-state index contributed by atoms with van der Waals surface area (Å²) in [6.45, 7) is 4.02. The molecule has 1 atom stereocenters. The highest BCUT2D eigenvalue weighted by Crippen LogP contribution is 2.23. The van der Waals surface area contributed by atoms with E-state index in [9.17, 15) is 4.79 Å². The molecule has 5 nitrogen and oxygen atoms in total. The number of likely N-dealkylation sites (N-methyl/N-ethyl adjacent to an activating group) is 1. The van der Waals surface area contributed by atoms with E-state index in [1.807, 2.05) is 92.0 Å². The molecule has 0 saturated heterocycles. The molecule has 3 rings (SSSR count). The maximum Gasteiger partial charge on any atom is 0.384 e. The van der Waals surface area contributed by atoms with Crippen molar-refractivity contribution in [2.45, 2.75) is 26.2 Å². The largest absolute Gasteiger partial charge is 0.489 e. The molecular formula is C29H31NO4. The van der Waals surface area contributed by atoms with Crippen molar-refractivity contribution >= 4 is 5.97 Å². The van der Waals surface area contributed by atoms with Gasteiger partial charge in [0, 0.05) is 5.92 Å². The molecule has 5 heteroatoms. The van der Waals surface area contributed by atoms with Gasteiger partial charge < -0.3 is 14.2 Å². The minimum atomic E-state index is -0.507. The number of rotatable bonds is 11. The van der Waals surface area contributed by atoms with Crippen molar-refractivity contribution in [1.82, 2.24) is 4.90 Å². The number of benzene rings is 3. The van der Waals surface area contributed by atoms with Crippen molar-refractivity contribution in [3.05, 3.63) is 102 Å². The summed E-state index contributed by atoms with van der Waals surface area (Å²) in [5, 5.41) is 0. The minimum Gasteiger partial charge on any atom is -0.489 e. The highest BCUT2D eigenvalue weighted by molar-refractivity contribution is 5.88. The molecule has 0 radical (unpaired) electrons. The summed E-state index contributed by atoms with van der Waals surface area (Å²) in [7, 11) is 1.97. The highest BCUT2D eigenvalue weighted by Gasteiger charge is 2.17. The second-order valence-electron chi connectivity index (χ2n) is 7.80. The van der Waals surface area contributed by atoms with Crippen LogP contribution in [0.1, 0.15) is 29.7 Å². The van der Waals surface area contributed by atoms with E-state index in [2.05, 4.69) is 16.7 Å². The average molecular weight is 458 g/mol. The summed E-state index contributed by atoms with van der Waals surface area (Å²) in [6, 6.07) is 28.2. The Morgan fingerprint density at radius 3 is 2.12 bits per heavy atom. The third kappa shape index (κ3) is 8.40. The van der Waals surface area contributed by atoms with Crippen molar-refractivity contribution < 1.29 is 19.0 Å². The Morgan fingerprint density at radius 2 is 1.50 bits per heavy atom. The zero-order valence-electron chi connectivity index (χ0n) is 19.8. The van der Waals surface area contributed by atoms with Gasteiger partial charge in [-0.3, -0.25) is 4.90 Å². The van der Waals surface area contributed by atoms with Crippen LogP contribution in [-0.2, 0) is 27.5 Å². The van der Waals surface area contributed by atoms with Gasteiger partial charge in [-0.25, -0.2) is 4.79 Å². The molecule has 0 saturated carbocycles. The topological polar surface area (TPSA) is 48.0 Å². The van der Waals surface area contributed by atoms with Crippen molar-refractivity contribution in [2.75, 3.05) is 26.8 Å². The first kappa shape index (κ1) is 25.0. The van der Waals surface area contributed by atoms with Crippen LogP contribution in [0.4, 0.5) is 0 Å². The van der Waals surface area contributed by atoms with Gasteiger partial charge in [0.2, 0.25) is 0 Å². The highest BCUT2D eigenvalue weighted by atomic mass is 16.5. The molecule has 3 aromatic rings. The van der Waals surface area contributed by atoms with Crippen LogP contribution >= 0.6 is 0 Å². The molecular weight excluding hydrogens is 426 g/mol. The summed E-state index contributed by atoms with van der Waals surface area (Å²) >= 11 is 0. The Labute approximate surface area is 202 Å². The molecule has 0 spiro atoms. The quantitative estimate of drug-likeness (QED) is 0.230. The molecule has 0 aliphatic heterocycles. The van der Waals surface area contributed by atoms with Gasteiger partial charge in [-0.15, -0.1) is 0 Å². The molecule has 0 N–H and O–H groups in total. The molecule has 0 amide bonds. The van der Waals surface area contributed by atoms with E-state index in [0.717, 1.165) is 22.4 Å². The third-order valence-electron chi connectivity index (χ3n) is 5.23. The Bertz CT molecular complexity index is 1060. The monoisotopic (exact) mass is 457 g/mol. The normalized spacial score (nSPS) is 11.4. The van der Waals surface area contributed by atoms with Gasteiger partial charge in [0.25, 0.3) is 0 Å². The maximum absolute atomic E-state index is 11.5. The smallest absolute Gasteiger partial charge is 0.384 e. The number of hydrogen-bond donors (Lipinski definition) is 0. The fourth-order valence-corrected chi connectivity index (χ4v) is 3.38. The zero-order valence-corrected chi connectivity index (χ0v) is 19.8. The maximum atomic E-state index is 11.5. The van der Waals surface area contributed by atoms with E-state index in [1.54, 1.807) is 6.92 Å². The summed E-state index contributed by atoms with van der Waals surface area (Å²) in [5.74, 6) is 5.73. The molecule has 0 fully saturated rings. The number of hydrogen-bond acceptors (Lipinski definition) is 5. The number of nitrogens with zero attached hydrogens (tertiary/aromatic N) is 1. The van der Waals surface area contributed by atoms with Crippen LogP contribution in [0, 0.1) is 11.8 Å². The van der Waals surface area contributed by atoms with Crippen LogP contribution < -0.4 is 4.74 Å². The van der Waals surface area contributed by atoms with Gasteiger partial charge in [0.1, 0.15) is 12.4 Å². The Morgan fingerprint density at radius 1 is 0.882 bits per heavy atom. The Hall–Kier alpha value is -3.59. The Kier molecular flexibility index (Phi) is 10.2. The number of ether oxygens (including phenoxy) is 3. The first-order valence-corrected chi connectivity index (χ1v) is 11.4. The molecule has 176 valence electrons. The van der Waals surface area contributed by atoms with Crippen molar-refractivity contribution in [2.24, 2.45) is 0 Å². The molecule has 0 heterocycles. The second kappa shape index (κ2) is 13.8. The van der Waals surface area contributed by atoms with Crippen LogP contribution in [-0.4, -0.2) is 37.7 Å². The van der Waals surface area contributed by atoms with Crippen LogP contribution in [0.5, 0.6) is 5.75 Å². The van der Waals surface area contributed by atoms with E-state index < -0.39 is 5.97 Å². The molecule has 34 heavy (non-hydrogen) atoms. The molecule has 0 aromatic heterocycles. The average Bonchev–Trinajstić information content (AvgIpc) is 2.87. The lowest BCUT2D eigenvalue weighted by Crippen LogP contribution is -2.29. The summed E-state index contributed by atoms with van der Waals surface area (Å²) in [6.07, 6.45) is 0. The predicted molar refractivity (Wildman–Crippen MR) is 133 cm³/mol. The van der Waals surface area contributed by atoms with Crippen molar-refractivity contribution in [1.29, 1.82) is 0 Å². The standard InChI is InChI=1S/C29H31NO4/c1-3-33-29(31)15-10-20-30(2)28(23-32-21-24-11-6-4-7-12-24)26-16-18-27(19-17-26)34-22-25-13-8-5-9-14-25/h4-9,11-14,16-19,28H,3,20-23H2,1-2H3. The van der Waals surface area contributed by atoms with Crippen LogP contribution in [0.15, 0.2) is 84.9 Å². The molecule has 0 bridgehead atoms. The summed E-state index contributed by atoms with van der Waals surface area (Å²) in [5.41, 5.74) is 3.33. The lowest BCUT2D eigenvalue weighted by molar-refractivity contribution is -0.136. The molecule has 1 unspecified atom stereocenters. The van der Waals surface area contributed by atoms with Crippen molar-refractivity contribution in [3.8, 4) is 17.6 Å². The van der Waals surface area contributed by atoms with E-state index in [-0.39, 0.29) is 6.04 Å². The van der Waals surface area contributed by atoms with Crippen LogP contribution in [0.25, 0.3) is 0 Å². The molecule has 0 aliphatic rings. The summed E-state index contributed by atoms with van der Waals surface area (Å²) in [4.78, 5) is 13.6. The zero-order chi connectivity index (χ0) is 24.0. The fraction of sp³-hybridized carbons (Fsp3) is 0.276.